The Labute approximate surface area is 156 Å². The molecule has 0 saturated carbocycles. The second-order valence-electron chi connectivity index (χ2n) is 6.41. The Hall–Kier alpha value is -2.74. The number of hydrogen-bond acceptors (Lipinski definition) is 4. The third kappa shape index (κ3) is 4.51. The van der Waals surface area contributed by atoms with Crippen LogP contribution in [0.1, 0.15) is 46.1 Å². The fourth-order valence-electron chi connectivity index (χ4n) is 3.15. The van der Waals surface area contributed by atoms with Crippen LogP contribution in [0.3, 0.4) is 0 Å². The number of nitrogens with one attached hydrogen (secondary N) is 2. The van der Waals surface area contributed by atoms with E-state index < -0.39 is 11.7 Å². The summed E-state index contributed by atoms with van der Waals surface area (Å²) < 4.78 is 20.1. The van der Waals surface area contributed by atoms with Gasteiger partial charge in [-0.2, -0.15) is 0 Å². The quantitative estimate of drug-likeness (QED) is 0.729. The van der Waals surface area contributed by atoms with Gasteiger partial charge in [-0.05, 0) is 43.9 Å². The summed E-state index contributed by atoms with van der Waals surface area (Å²) in [5.41, 5.74) is 1.41. The molecule has 8 heteroatoms. The Morgan fingerprint density at radius 3 is 2.93 bits per heavy atom. The van der Waals surface area contributed by atoms with Crippen LogP contribution >= 0.6 is 0 Å². The zero-order valence-electron chi connectivity index (χ0n) is 15.3. The molecule has 144 valence electrons. The molecule has 0 unspecified atom stereocenters. The van der Waals surface area contributed by atoms with Gasteiger partial charge in [0.15, 0.2) is 5.82 Å². The van der Waals surface area contributed by atoms with Crippen LogP contribution in [0.15, 0.2) is 24.3 Å². The first kappa shape index (κ1) is 19.0. The zero-order chi connectivity index (χ0) is 19.2. The molecule has 0 aliphatic carbocycles. The Morgan fingerprint density at radius 2 is 2.15 bits per heavy atom. The van der Waals surface area contributed by atoms with Gasteiger partial charge in [0.1, 0.15) is 11.5 Å². The normalized spacial score (nSPS) is 13.1. The number of anilines is 1. The fourth-order valence-corrected chi connectivity index (χ4v) is 3.15. The second-order valence-corrected chi connectivity index (χ2v) is 6.41. The van der Waals surface area contributed by atoms with Crippen LogP contribution < -0.4 is 10.6 Å². The molecule has 2 N–H and O–H groups in total. The molecule has 0 fully saturated rings. The summed E-state index contributed by atoms with van der Waals surface area (Å²) in [6, 6.07) is 5.66. The van der Waals surface area contributed by atoms with Crippen molar-refractivity contribution in [2.75, 3.05) is 25.6 Å². The molecule has 2 heterocycles. The van der Waals surface area contributed by atoms with Crippen molar-refractivity contribution in [2.45, 2.75) is 32.2 Å². The molecule has 1 aliphatic heterocycles. The van der Waals surface area contributed by atoms with Crippen molar-refractivity contribution in [3.05, 3.63) is 47.3 Å². The standard InChI is InChI=1S/C19H23FN4O3/c1-27-11-5-9-21-18(25)16-15-8-2-3-10-24(15)17(23-16)19(26)22-14-7-4-6-13(20)12-14/h4,6-7,12H,2-3,5,8-11H2,1H3,(H,21,25)(H,22,26). The minimum Gasteiger partial charge on any atom is -0.385 e. The van der Waals surface area contributed by atoms with Crippen molar-refractivity contribution < 1.29 is 18.7 Å². The highest BCUT2D eigenvalue weighted by molar-refractivity contribution is 6.03. The van der Waals surface area contributed by atoms with E-state index in [4.69, 9.17) is 4.74 Å². The number of fused-ring (bicyclic) bond motifs is 1. The number of nitrogens with zero attached hydrogens (tertiary/aromatic N) is 2. The molecule has 7 nitrogen and oxygen atoms in total. The van der Waals surface area contributed by atoms with Gasteiger partial charge < -0.3 is 19.9 Å². The Morgan fingerprint density at radius 1 is 1.30 bits per heavy atom. The molecule has 1 aliphatic rings. The average molecular weight is 374 g/mol. The largest absolute Gasteiger partial charge is 0.385 e. The Bertz CT molecular complexity index is 834. The number of carbonyl (C=O) groups is 2. The van der Waals surface area contributed by atoms with E-state index >= 15 is 0 Å². The number of methoxy groups -OCH3 is 1. The molecule has 1 aromatic carbocycles. The topological polar surface area (TPSA) is 85.2 Å². The van der Waals surface area contributed by atoms with Crippen molar-refractivity contribution in [2.24, 2.45) is 0 Å². The number of imidazole rings is 1. The van der Waals surface area contributed by atoms with Crippen LogP contribution in [0.2, 0.25) is 0 Å². The van der Waals surface area contributed by atoms with E-state index in [9.17, 15) is 14.0 Å². The van der Waals surface area contributed by atoms with Crippen molar-refractivity contribution >= 4 is 17.5 Å². The van der Waals surface area contributed by atoms with Gasteiger partial charge in [-0.3, -0.25) is 9.59 Å². The van der Waals surface area contributed by atoms with Gasteiger partial charge in [0.25, 0.3) is 11.8 Å². The maximum Gasteiger partial charge on any atom is 0.291 e. The molecule has 2 aromatic rings. The number of benzene rings is 1. The summed E-state index contributed by atoms with van der Waals surface area (Å²) >= 11 is 0. The molecular weight excluding hydrogens is 351 g/mol. The van der Waals surface area contributed by atoms with Crippen LogP contribution in [0.25, 0.3) is 0 Å². The van der Waals surface area contributed by atoms with Gasteiger partial charge in [0.05, 0.1) is 5.69 Å². The molecule has 0 spiro atoms. The first-order chi connectivity index (χ1) is 13.1. The van der Waals surface area contributed by atoms with Crippen LogP contribution in [0.4, 0.5) is 10.1 Å². The molecule has 0 atom stereocenters. The minimum atomic E-state index is -0.456. The lowest BCUT2D eigenvalue weighted by Gasteiger charge is -2.17. The lowest BCUT2D eigenvalue weighted by Crippen LogP contribution is -2.27. The van der Waals surface area contributed by atoms with Crippen LogP contribution in [-0.2, 0) is 17.7 Å². The molecule has 3 rings (SSSR count). The molecule has 27 heavy (non-hydrogen) atoms. The third-order valence-electron chi connectivity index (χ3n) is 4.43. The smallest absolute Gasteiger partial charge is 0.291 e. The van der Waals surface area contributed by atoms with Crippen molar-refractivity contribution in [3.63, 3.8) is 0 Å². The summed E-state index contributed by atoms with van der Waals surface area (Å²) in [5, 5.41) is 5.47. The predicted octanol–water partition coefficient (Wildman–Crippen LogP) is 2.38. The minimum absolute atomic E-state index is 0.177. The lowest BCUT2D eigenvalue weighted by molar-refractivity contribution is 0.0942. The van der Waals surface area contributed by atoms with E-state index in [1.807, 2.05) is 0 Å². The van der Waals surface area contributed by atoms with Crippen molar-refractivity contribution in [1.29, 1.82) is 0 Å². The van der Waals surface area contributed by atoms with E-state index in [1.54, 1.807) is 17.7 Å². The Kier molecular flexibility index (Phi) is 6.18. The SMILES string of the molecule is COCCCNC(=O)c1nc(C(=O)Nc2cccc(F)c2)n2c1CCCC2. The number of hydrogen-bond donors (Lipinski definition) is 2. The lowest BCUT2D eigenvalue weighted by atomic mass is 10.1. The number of halogens is 1. The summed E-state index contributed by atoms with van der Waals surface area (Å²) in [6.07, 6.45) is 3.26. The van der Waals surface area contributed by atoms with Crippen molar-refractivity contribution in [1.82, 2.24) is 14.9 Å². The van der Waals surface area contributed by atoms with Gasteiger partial charge in [-0.15, -0.1) is 0 Å². The second kappa shape index (κ2) is 8.77. The number of carbonyl (C=O) groups excluding carboxylic acids is 2. The van der Waals surface area contributed by atoms with E-state index in [0.29, 0.717) is 38.2 Å². The summed E-state index contributed by atoms with van der Waals surface area (Å²) in [4.78, 5) is 29.5. The summed E-state index contributed by atoms with van der Waals surface area (Å²) in [5.74, 6) is -1.01. The highest BCUT2D eigenvalue weighted by Gasteiger charge is 2.27. The molecule has 2 amide bonds. The zero-order valence-corrected chi connectivity index (χ0v) is 15.3. The van der Waals surface area contributed by atoms with E-state index in [1.165, 1.54) is 18.2 Å². The molecule has 0 bridgehead atoms. The first-order valence-corrected chi connectivity index (χ1v) is 9.03. The molecule has 0 saturated heterocycles. The van der Waals surface area contributed by atoms with Crippen LogP contribution in [0, 0.1) is 5.82 Å². The number of amides is 2. The molecule has 0 radical (unpaired) electrons. The third-order valence-corrected chi connectivity index (χ3v) is 4.43. The van der Waals surface area contributed by atoms with Crippen LogP contribution in [-0.4, -0.2) is 41.6 Å². The van der Waals surface area contributed by atoms with Gasteiger partial charge in [-0.1, -0.05) is 6.07 Å². The van der Waals surface area contributed by atoms with E-state index in [0.717, 1.165) is 18.5 Å². The number of rotatable bonds is 7. The highest BCUT2D eigenvalue weighted by atomic mass is 19.1. The van der Waals surface area contributed by atoms with Gasteiger partial charge in [0.2, 0.25) is 0 Å². The maximum absolute atomic E-state index is 13.3. The monoisotopic (exact) mass is 374 g/mol. The number of ether oxygens (including phenoxy) is 1. The van der Waals surface area contributed by atoms with Gasteiger partial charge in [0, 0.05) is 32.5 Å². The van der Waals surface area contributed by atoms with Gasteiger partial charge >= 0.3 is 0 Å². The predicted molar refractivity (Wildman–Crippen MR) is 98.3 cm³/mol. The maximum atomic E-state index is 13.3. The average Bonchev–Trinajstić information content (AvgIpc) is 3.05. The van der Waals surface area contributed by atoms with Crippen molar-refractivity contribution in [3.8, 4) is 0 Å². The summed E-state index contributed by atoms with van der Waals surface area (Å²) in [7, 11) is 1.61. The van der Waals surface area contributed by atoms with E-state index in [2.05, 4.69) is 15.6 Å². The Balaban J connectivity index is 1.80. The fraction of sp³-hybridized carbons (Fsp3) is 0.421. The van der Waals surface area contributed by atoms with Gasteiger partial charge in [-0.25, -0.2) is 9.37 Å². The molecule has 1 aromatic heterocycles. The first-order valence-electron chi connectivity index (χ1n) is 9.03. The molecular formula is C19H23FN4O3. The van der Waals surface area contributed by atoms with Crippen LogP contribution in [0.5, 0.6) is 0 Å². The highest BCUT2D eigenvalue weighted by Crippen LogP contribution is 2.22. The van der Waals surface area contributed by atoms with E-state index in [-0.39, 0.29) is 17.4 Å². The summed E-state index contributed by atoms with van der Waals surface area (Å²) in [6.45, 7) is 1.66. The number of aromatic nitrogens is 2.